The minimum absolute atomic E-state index is 0.533. The van der Waals surface area contributed by atoms with E-state index in [0.717, 1.165) is 5.56 Å². The predicted octanol–water partition coefficient (Wildman–Crippen LogP) is 2.60. The molecule has 86 valence electrons. The van der Waals surface area contributed by atoms with E-state index in [4.69, 9.17) is 0 Å². The Kier molecular flexibility index (Phi) is 5.54. The number of hydrogen-bond donors (Lipinski definition) is 2. The van der Waals surface area contributed by atoms with Gasteiger partial charge in [0.2, 0.25) is 0 Å². The van der Waals surface area contributed by atoms with E-state index in [9.17, 15) is 10.2 Å². The fourth-order valence-corrected chi connectivity index (χ4v) is 1.35. The van der Waals surface area contributed by atoms with Crippen molar-refractivity contribution in [2.75, 3.05) is 0 Å². The zero-order valence-electron chi connectivity index (χ0n) is 9.45. The second kappa shape index (κ2) is 6.99. The molecule has 2 unspecified atom stereocenters. The Balaban J connectivity index is 2.51. The number of allylic oxidation sites excluding steroid dienone is 1. The van der Waals surface area contributed by atoms with Gasteiger partial charge in [-0.25, -0.2) is 0 Å². The van der Waals surface area contributed by atoms with Crippen LogP contribution in [0.25, 0.3) is 0 Å². The molecule has 0 bridgehead atoms. The van der Waals surface area contributed by atoms with Gasteiger partial charge in [0.05, 0.1) is 12.2 Å². The van der Waals surface area contributed by atoms with Crippen LogP contribution in [0, 0.1) is 0 Å². The molecule has 0 spiro atoms. The van der Waals surface area contributed by atoms with Gasteiger partial charge in [0.1, 0.15) is 0 Å². The third kappa shape index (κ3) is 4.43. The van der Waals surface area contributed by atoms with Crippen molar-refractivity contribution in [2.45, 2.75) is 25.6 Å². The van der Waals surface area contributed by atoms with E-state index in [0.29, 0.717) is 6.42 Å². The molecule has 2 heteroatoms. The number of aliphatic hydroxyl groups excluding tert-OH is 2. The van der Waals surface area contributed by atoms with Crippen LogP contribution in [-0.4, -0.2) is 16.3 Å². The van der Waals surface area contributed by atoms with Gasteiger partial charge in [-0.1, -0.05) is 54.6 Å². The first-order valence-corrected chi connectivity index (χ1v) is 5.44. The average molecular weight is 218 g/mol. The molecule has 0 saturated heterocycles. The van der Waals surface area contributed by atoms with Gasteiger partial charge in [0.25, 0.3) is 0 Å². The van der Waals surface area contributed by atoms with Crippen molar-refractivity contribution in [3.8, 4) is 0 Å². The number of aliphatic hydroxyl groups is 2. The summed E-state index contributed by atoms with van der Waals surface area (Å²) in [6.07, 6.45) is 6.42. The Morgan fingerprint density at radius 1 is 1.12 bits per heavy atom. The maximum absolute atomic E-state index is 9.78. The normalized spacial score (nSPS) is 15.7. The molecule has 0 amide bonds. The molecule has 1 aromatic rings. The van der Waals surface area contributed by atoms with Crippen molar-refractivity contribution in [3.05, 3.63) is 60.2 Å². The van der Waals surface area contributed by atoms with Crippen LogP contribution in [0.15, 0.2) is 54.6 Å². The smallest absolute Gasteiger partial charge is 0.0972 e. The van der Waals surface area contributed by atoms with E-state index < -0.39 is 12.2 Å². The van der Waals surface area contributed by atoms with Crippen LogP contribution >= 0.6 is 0 Å². The van der Waals surface area contributed by atoms with E-state index >= 15 is 0 Å². The standard InChI is InChI=1S/C14H18O2/c1-2-3-9-13(15)10-11-14(16)12-7-5-4-6-8-12/h2-8,10-11,13-16H,9H2,1H3. The maximum atomic E-state index is 9.78. The van der Waals surface area contributed by atoms with Crippen molar-refractivity contribution < 1.29 is 10.2 Å². The molecule has 2 nitrogen and oxygen atoms in total. The van der Waals surface area contributed by atoms with Crippen LogP contribution in [0.4, 0.5) is 0 Å². The van der Waals surface area contributed by atoms with Crippen molar-refractivity contribution in [2.24, 2.45) is 0 Å². The van der Waals surface area contributed by atoms with E-state index in [1.54, 1.807) is 12.2 Å². The molecule has 0 aliphatic carbocycles. The van der Waals surface area contributed by atoms with Crippen molar-refractivity contribution in [3.63, 3.8) is 0 Å². The highest BCUT2D eigenvalue weighted by Crippen LogP contribution is 2.13. The predicted molar refractivity (Wildman–Crippen MR) is 66.0 cm³/mol. The van der Waals surface area contributed by atoms with Gasteiger partial charge in [0, 0.05) is 0 Å². The van der Waals surface area contributed by atoms with Crippen LogP contribution in [-0.2, 0) is 0 Å². The SMILES string of the molecule is CC=CCC(O)C=CC(O)c1ccccc1. The highest BCUT2D eigenvalue weighted by Gasteiger charge is 2.02. The van der Waals surface area contributed by atoms with Gasteiger partial charge >= 0.3 is 0 Å². The highest BCUT2D eigenvalue weighted by atomic mass is 16.3. The molecule has 0 heterocycles. The molecule has 2 N–H and O–H groups in total. The Morgan fingerprint density at radius 2 is 1.81 bits per heavy atom. The fourth-order valence-electron chi connectivity index (χ4n) is 1.35. The van der Waals surface area contributed by atoms with Gasteiger partial charge in [-0.2, -0.15) is 0 Å². The van der Waals surface area contributed by atoms with Gasteiger partial charge < -0.3 is 10.2 Å². The van der Waals surface area contributed by atoms with Crippen LogP contribution in [0.1, 0.15) is 25.0 Å². The molecule has 0 aliphatic heterocycles. The number of benzene rings is 1. The minimum Gasteiger partial charge on any atom is -0.389 e. The molecule has 1 rings (SSSR count). The molecule has 2 atom stereocenters. The zero-order valence-corrected chi connectivity index (χ0v) is 9.45. The van der Waals surface area contributed by atoms with Crippen LogP contribution < -0.4 is 0 Å². The zero-order chi connectivity index (χ0) is 11.8. The van der Waals surface area contributed by atoms with Crippen LogP contribution in [0.3, 0.4) is 0 Å². The topological polar surface area (TPSA) is 40.5 Å². The van der Waals surface area contributed by atoms with E-state index in [-0.39, 0.29) is 0 Å². The quantitative estimate of drug-likeness (QED) is 0.746. The first-order valence-electron chi connectivity index (χ1n) is 5.44. The van der Waals surface area contributed by atoms with Gasteiger partial charge in [-0.05, 0) is 18.9 Å². The summed E-state index contributed by atoms with van der Waals surface area (Å²) in [5.41, 5.74) is 0.831. The Labute approximate surface area is 96.6 Å². The monoisotopic (exact) mass is 218 g/mol. The molecular weight excluding hydrogens is 200 g/mol. The molecule has 0 aromatic heterocycles. The third-order valence-electron chi connectivity index (χ3n) is 2.27. The summed E-state index contributed by atoms with van der Waals surface area (Å²) in [6.45, 7) is 1.91. The maximum Gasteiger partial charge on any atom is 0.0972 e. The largest absolute Gasteiger partial charge is 0.389 e. The molecule has 0 saturated carbocycles. The van der Waals surface area contributed by atoms with E-state index in [1.807, 2.05) is 49.4 Å². The summed E-state index contributed by atoms with van der Waals surface area (Å²) in [7, 11) is 0. The summed E-state index contributed by atoms with van der Waals surface area (Å²) in [4.78, 5) is 0. The first-order chi connectivity index (χ1) is 7.74. The Morgan fingerprint density at radius 3 is 2.44 bits per heavy atom. The van der Waals surface area contributed by atoms with E-state index in [2.05, 4.69) is 0 Å². The first kappa shape index (κ1) is 12.7. The number of rotatable bonds is 5. The van der Waals surface area contributed by atoms with Crippen LogP contribution in [0.5, 0.6) is 0 Å². The molecule has 16 heavy (non-hydrogen) atoms. The summed E-state index contributed by atoms with van der Waals surface area (Å²) in [5, 5.41) is 19.3. The number of hydrogen-bond acceptors (Lipinski definition) is 2. The van der Waals surface area contributed by atoms with Crippen molar-refractivity contribution >= 4 is 0 Å². The Hall–Kier alpha value is -1.38. The second-order valence-corrected chi connectivity index (χ2v) is 3.61. The summed E-state index contributed by atoms with van der Waals surface area (Å²) >= 11 is 0. The van der Waals surface area contributed by atoms with Gasteiger partial charge in [-0.15, -0.1) is 0 Å². The van der Waals surface area contributed by atoms with Gasteiger partial charge in [-0.3, -0.25) is 0 Å². The lowest BCUT2D eigenvalue weighted by Crippen LogP contribution is -2.01. The second-order valence-electron chi connectivity index (χ2n) is 3.61. The lowest BCUT2D eigenvalue weighted by molar-refractivity contribution is 0.211. The lowest BCUT2D eigenvalue weighted by atomic mass is 10.1. The lowest BCUT2D eigenvalue weighted by Gasteiger charge is -2.06. The van der Waals surface area contributed by atoms with Gasteiger partial charge in [0.15, 0.2) is 0 Å². The molecule has 0 aliphatic rings. The van der Waals surface area contributed by atoms with Crippen molar-refractivity contribution in [1.29, 1.82) is 0 Å². The minimum atomic E-state index is -0.651. The highest BCUT2D eigenvalue weighted by molar-refractivity contribution is 5.21. The van der Waals surface area contributed by atoms with Crippen LogP contribution in [0.2, 0.25) is 0 Å². The summed E-state index contributed by atoms with van der Waals surface area (Å²) in [5.74, 6) is 0. The molecule has 0 radical (unpaired) electrons. The molecular formula is C14H18O2. The molecule has 0 fully saturated rings. The fraction of sp³-hybridized carbons (Fsp3) is 0.286. The molecule has 1 aromatic carbocycles. The Bertz CT molecular complexity index is 341. The third-order valence-corrected chi connectivity index (χ3v) is 2.27. The van der Waals surface area contributed by atoms with E-state index in [1.165, 1.54) is 0 Å². The average Bonchev–Trinajstić information content (AvgIpc) is 2.34. The summed E-state index contributed by atoms with van der Waals surface area (Å²) < 4.78 is 0. The van der Waals surface area contributed by atoms with Crippen molar-refractivity contribution in [1.82, 2.24) is 0 Å². The summed E-state index contributed by atoms with van der Waals surface area (Å²) in [6, 6.07) is 9.37.